The molecule has 0 aromatic heterocycles. The van der Waals surface area contributed by atoms with Gasteiger partial charge in [-0.15, -0.1) is 0 Å². The van der Waals surface area contributed by atoms with Crippen LogP contribution >= 0.6 is 0 Å². The minimum absolute atomic E-state index is 0.0259. The van der Waals surface area contributed by atoms with E-state index < -0.39 is 10.9 Å². The lowest BCUT2D eigenvalue weighted by Crippen LogP contribution is -1.99. The maximum atomic E-state index is 11.6. The third-order valence-corrected chi connectivity index (χ3v) is 4.04. The standard InChI is InChI=1S/C22H17NO5/c24-22(25)21(18-6-2-1-3-7-18)14-17-5-4-8-20(13-17)28-15-16-9-11-19(12-10-16)23(26)27/h1-14H,15H2,(H,24,25)/b21-14-. The minimum Gasteiger partial charge on any atom is -0.489 e. The molecule has 0 radical (unpaired) electrons. The average molecular weight is 375 g/mol. The quantitative estimate of drug-likeness (QED) is 0.277. The Morgan fingerprint density at radius 3 is 2.36 bits per heavy atom. The Kier molecular flexibility index (Phi) is 5.81. The Morgan fingerprint density at radius 2 is 1.71 bits per heavy atom. The van der Waals surface area contributed by atoms with Crippen molar-refractivity contribution in [3.8, 4) is 5.75 Å². The van der Waals surface area contributed by atoms with Crippen LogP contribution in [0.2, 0.25) is 0 Å². The van der Waals surface area contributed by atoms with Gasteiger partial charge in [-0.3, -0.25) is 10.1 Å². The summed E-state index contributed by atoms with van der Waals surface area (Å²) in [6.07, 6.45) is 1.59. The summed E-state index contributed by atoms with van der Waals surface area (Å²) in [5.41, 5.74) is 2.32. The topological polar surface area (TPSA) is 89.7 Å². The summed E-state index contributed by atoms with van der Waals surface area (Å²) >= 11 is 0. The number of nitro benzene ring substituents is 1. The number of aliphatic carboxylic acids is 1. The highest BCUT2D eigenvalue weighted by molar-refractivity contribution is 6.20. The molecule has 6 nitrogen and oxygen atoms in total. The van der Waals surface area contributed by atoms with E-state index in [4.69, 9.17) is 4.74 Å². The maximum absolute atomic E-state index is 11.6. The summed E-state index contributed by atoms with van der Waals surface area (Å²) in [5, 5.41) is 20.2. The number of hydrogen-bond acceptors (Lipinski definition) is 4. The van der Waals surface area contributed by atoms with Crippen LogP contribution < -0.4 is 4.74 Å². The second-order valence-corrected chi connectivity index (χ2v) is 6.01. The second-order valence-electron chi connectivity index (χ2n) is 6.01. The number of carboxylic acids is 1. The van der Waals surface area contributed by atoms with E-state index in [1.165, 1.54) is 12.1 Å². The zero-order valence-electron chi connectivity index (χ0n) is 14.8. The van der Waals surface area contributed by atoms with Crippen LogP contribution in [0.25, 0.3) is 11.6 Å². The highest BCUT2D eigenvalue weighted by Gasteiger charge is 2.10. The molecular formula is C22H17NO5. The molecule has 3 aromatic rings. The molecular weight excluding hydrogens is 358 g/mol. The number of nitro groups is 1. The molecule has 0 bridgehead atoms. The minimum atomic E-state index is -1.01. The molecule has 0 aliphatic rings. The number of carboxylic acid groups (broad SMARTS) is 1. The summed E-state index contributed by atoms with van der Waals surface area (Å²) in [5.74, 6) is -0.437. The number of nitrogens with zero attached hydrogens (tertiary/aromatic N) is 1. The van der Waals surface area contributed by atoms with Gasteiger partial charge in [0.2, 0.25) is 0 Å². The fraction of sp³-hybridized carbons (Fsp3) is 0.0455. The summed E-state index contributed by atoms with van der Waals surface area (Å²) < 4.78 is 5.73. The van der Waals surface area contributed by atoms with Gasteiger partial charge in [0.05, 0.1) is 10.5 Å². The van der Waals surface area contributed by atoms with Crippen molar-refractivity contribution in [3.05, 3.63) is 106 Å². The summed E-state index contributed by atoms with van der Waals surface area (Å²) in [6.45, 7) is 0.246. The van der Waals surface area contributed by atoms with E-state index >= 15 is 0 Å². The largest absolute Gasteiger partial charge is 0.489 e. The molecule has 1 N–H and O–H groups in total. The summed E-state index contributed by atoms with van der Waals surface area (Å²) in [6, 6.07) is 22.1. The number of rotatable bonds is 7. The van der Waals surface area contributed by atoms with Gasteiger partial charge in [-0.25, -0.2) is 4.79 Å². The van der Waals surface area contributed by atoms with E-state index in [1.807, 2.05) is 6.07 Å². The van der Waals surface area contributed by atoms with Crippen molar-refractivity contribution in [1.82, 2.24) is 0 Å². The van der Waals surface area contributed by atoms with Crippen molar-refractivity contribution in [2.24, 2.45) is 0 Å². The van der Waals surface area contributed by atoms with Crippen LogP contribution in [0.5, 0.6) is 5.75 Å². The molecule has 0 aliphatic heterocycles. The molecule has 28 heavy (non-hydrogen) atoms. The van der Waals surface area contributed by atoms with Gasteiger partial charge in [0.1, 0.15) is 12.4 Å². The smallest absolute Gasteiger partial charge is 0.336 e. The van der Waals surface area contributed by atoms with Gasteiger partial charge in [-0.1, -0.05) is 42.5 Å². The van der Waals surface area contributed by atoms with Crippen molar-refractivity contribution in [2.45, 2.75) is 6.61 Å². The Bertz CT molecular complexity index is 1010. The first-order chi connectivity index (χ1) is 13.5. The summed E-state index contributed by atoms with van der Waals surface area (Å²) in [7, 11) is 0. The molecule has 3 rings (SSSR count). The Labute approximate surface area is 161 Å². The van der Waals surface area contributed by atoms with Crippen LogP contribution in [0.4, 0.5) is 5.69 Å². The van der Waals surface area contributed by atoms with E-state index in [0.717, 1.165) is 5.56 Å². The lowest BCUT2D eigenvalue weighted by molar-refractivity contribution is -0.384. The number of carbonyl (C=O) groups is 1. The summed E-state index contributed by atoms with van der Waals surface area (Å²) in [4.78, 5) is 21.9. The molecule has 0 fully saturated rings. The van der Waals surface area contributed by atoms with Crippen LogP contribution in [0.3, 0.4) is 0 Å². The first-order valence-electron chi connectivity index (χ1n) is 8.49. The second kappa shape index (κ2) is 8.64. The Hall–Kier alpha value is -3.93. The molecule has 0 saturated carbocycles. The van der Waals surface area contributed by atoms with E-state index in [-0.39, 0.29) is 17.9 Å². The zero-order valence-corrected chi connectivity index (χ0v) is 14.8. The SMILES string of the molecule is O=C(O)/C(=C\c1cccc(OCc2ccc([N+](=O)[O-])cc2)c1)c1ccccc1. The Balaban J connectivity index is 1.76. The fourth-order valence-corrected chi connectivity index (χ4v) is 2.63. The van der Waals surface area contributed by atoms with Gasteiger partial charge < -0.3 is 9.84 Å². The van der Waals surface area contributed by atoms with Crippen molar-refractivity contribution < 1.29 is 19.6 Å². The Morgan fingerprint density at radius 1 is 1.00 bits per heavy atom. The first-order valence-corrected chi connectivity index (χ1v) is 8.49. The average Bonchev–Trinajstić information content (AvgIpc) is 2.71. The number of benzene rings is 3. The van der Waals surface area contributed by atoms with Gasteiger partial charge in [0.15, 0.2) is 0 Å². The van der Waals surface area contributed by atoms with Crippen molar-refractivity contribution in [3.63, 3.8) is 0 Å². The lowest BCUT2D eigenvalue weighted by Gasteiger charge is -2.08. The van der Waals surface area contributed by atoms with Gasteiger partial charge in [-0.05, 0) is 47.0 Å². The molecule has 140 valence electrons. The normalized spacial score (nSPS) is 11.1. The molecule has 0 amide bonds. The van der Waals surface area contributed by atoms with Gasteiger partial charge in [0, 0.05) is 12.1 Å². The molecule has 0 atom stereocenters. The van der Waals surface area contributed by atoms with Gasteiger partial charge in [0.25, 0.3) is 5.69 Å². The van der Waals surface area contributed by atoms with Crippen LogP contribution in [0.15, 0.2) is 78.9 Å². The van der Waals surface area contributed by atoms with E-state index in [0.29, 0.717) is 16.9 Å². The monoisotopic (exact) mass is 375 g/mol. The van der Waals surface area contributed by atoms with E-state index in [9.17, 15) is 20.0 Å². The van der Waals surface area contributed by atoms with Crippen molar-refractivity contribution >= 4 is 23.3 Å². The molecule has 0 unspecified atom stereocenters. The van der Waals surface area contributed by atoms with E-state index in [2.05, 4.69) is 0 Å². The van der Waals surface area contributed by atoms with Crippen LogP contribution in [-0.2, 0) is 11.4 Å². The first kappa shape index (κ1) is 18.8. The third kappa shape index (κ3) is 4.82. The van der Waals surface area contributed by atoms with Crippen LogP contribution in [-0.4, -0.2) is 16.0 Å². The van der Waals surface area contributed by atoms with Gasteiger partial charge in [-0.2, -0.15) is 0 Å². The van der Waals surface area contributed by atoms with E-state index in [1.54, 1.807) is 66.7 Å². The predicted octanol–water partition coefficient (Wildman–Crippen LogP) is 4.80. The molecule has 6 heteroatoms. The highest BCUT2D eigenvalue weighted by Crippen LogP contribution is 2.22. The highest BCUT2D eigenvalue weighted by atomic mass is 16.6. The fourth-order valence-electron chi connectivity index (χ4n) is 2.63. The molecule has 0 spiro atoms. The molecule has 0 aliphatic carbocycles. The molecule has 3 aromatic carbocycles. The van der Waals surface area contributed by atoms with Crippen molar-refractivity contribution in [2.75, 3.05) is 0 Å². The van der Waals surface area contributed by atoms with Gasteiger partial charge >= 0.3 is 5.97 Å². The van der Waals surface area contributed by atoms with Crippen LogP contribution in [0.1, 0.15) is 16.7 Å². The third-order valence-electron chi connectivity index (χ3n) is 4.04. The van der Waals surface area contributed by atoms with Crippen LogP contribution in [0, 0.1) is 10.1 Å². The molecule has 0 saturated heterocycles. The molecule has 0 heterocycles. The predicted molar refractivity (Wildman–Crippen MR) is 106 cm³/mol. The maximum Gasteiger partial charge on any atom is 0.336 e. The number of hydrogen-bond donors (Lipinski definition) is 1. The van der Waals surface area contributed by atoms with Crippen molar-refractivity contribution in [1.29, 1.82) is 0 Å². The zero-order chi connectivity index (χ0) is 19.9. The lowest BCUT2D eigenvalue weighted by atomic mass is 10.0. The number of ether oxygens (including phenoxy) is 1. The number of non-ortho nitro benzene ring substituents is 1.